The lowest BCUT2D eigenvalue weighted by Crippen LogP contribution is -1.88. The lowest BCUT2D eigenvalue weighted by molar-refractivity contribution is 0.974. The highest BCUT2D eigenvalue weighted by Crippen LogP contribution is 2.26. The van der Waals surface area contributed by atoms with E-state index in [0.29, 0.717) is 0 Å². The minimum atomic E-state index is 0.776. The van der Waals surface area contributed by atoms with Gasteiger partial charge in [0.05, 0.1) is 5.69 Å². The quantitative estimate of drug-likeness (QED) is 0.773. The highest BCUT2D eigenvalue weighted by atomic mass is 15.1. The highest BCUT2D eigenvalue weighted by molar-refractivity contribution is 5.69. The van der Waals surface area contributed by atoms with Crippen molar-refractivity contribution in [1.29, 1.82) is 0 Å². The maximum absolute atomic E-state index is 4.36. The van der Waals surface area contributed by atoms with Gasteiger partial charge in [-0.05, 0) is 5.56 Å². The molecule has 17 heavy (non-hydrogen) atoms. The minimum absolute atomic E-state index is 0.776. The normalized spacial score (nSPS) is 10.1. The molecule has 0 amide bonds. The maximum atomic E-state index is 4.36. The number of hydrogen-bond acceptors (Lipinski definition) is 1. The number of aromatic nitrogens is 2. The Morgan fingerprint density at radius 1 is 1.06 bits per heavy atom. The summed E-state index contributed by atoms with van der Waals surface area (Å²) < 4.78 is 0. The summed E-state index contributed by atoms with van der Waals surface area (Å²) in [6.45, 7) is 7.55. The number of nitrogens with zero attached hydrogens (tertiary/aromatic N) is 1. The first-order valence-electron chi connectivity index (χ1n) is 5.70. The monoisotopic (exact) mass is 224 g/mol. The van der Waals surface area contributed by atoms with Gasteiger partial charge < -0.3 is 0 Å². The Kier molecular flexibility index (Phi) is 3.55. The van der Waals surface area contributed by atoms with Crippen LogP contribution in [0.25, 0.3) is 11.1 Å². The molecule has 0 radical (unpaired) electrons. The van der Waals surface area contributed by atoms with Gasteiger partial charge in [-0.3, -0.25) is 5.10 Å². The Morgan fingerprint density at radius 3 is 2.41 bits per heavy atom. The van der Waals surface area contributed by atoms with Crippen LogP contribution >= 0.6 is 0 Å². The molecular weight excluding hydrogens is 208 g/mol. The van der Waals surface area contributed by atoms with E-state index in [1.54, 1.807) is 0 Å². The molecule has 0 atom stereocenters. The van der Waals surface area contributed by atoms with Gasteiger partial charge in [0.15, 0.2) is 0 Å². The van der Waals surface area contributed by atoms with Crippen LogP contribution in [0.1, 0.15) is 11.4 Å². The topological polar surface area (TPSA) is 28.7 Å². The zero-order valence-corrected chi connectivity index (χ0v) is 9.82. The summed E-state index contributed by atoms with van der Waals surface area (Å²) in [5.41, 5.74) is 4.53. The number of allylic oxidation sites excluding steroid dienone is 2. The van der Waals surface area contributed by atoms with E-state index in [4.69, 9.17) is 0 Å². The van der Waals surface area contributed by atoms with Gasteiger partial charge in [-0.25, -0.2) is 0 Å². The van der Waals surface area contributed by atoms with Crippen molar-refractivity contribution in [3.63, 3.8) is 0 Å². The van der Waals surface area contributed by atoms with Crippen LogP contribution in [0.5, 0.6) is 0 Å². The van der Waals surface area contributed by atoms with E-state index in [1.807, 2.05) is 30.4 Å². The maximum Gasteiger partial charge on any atom is 0.0740 e. The second-order valence-corrected chi connectivity index (χ2v) is 3.88. The van der Waals surface area contributed by atoms with Crippen LogP contribution in [0.4, 0.5) is 0 Å². The predicted octanol–water partition coefficient (Wildman–Crippen LogP) is 3.53. The van der Waals surface area contributed by atoms with E-state index in [2.05, 4.69) is 35.5 Å². The fraction of sp³-hybridized carbons (Fsp3) is 0.133. The van der Waals surface area contributed by atoms with Crippen LogP contribution in [0.2, 0.25) is 0 Å². The van der Waals surface area contributed by atoms with E-state index in [0.717, 1.165) is 24.2 Å². The standard InChI is InChI=1S/C15H16N2/c1-3-8-13-15(12-10-6-5-7-11-12)14(9-4-2)17-16-13/h3-7,10-11H,1-2,8-9H2,(H,16,17). The summed E-state index contributed by atoms with van der Waals surface area (Å²) in [6, 6.07) is 10.3. The molecule has 86 valence electrons. The van der Waals surface area contributed by atoms with Crippen molar-refractivity contribution in [2.75, 3.05) is 0 Å². The average molecular weight is 224 g/mol. The van der Waals surface area contributed by atoms with Crippen molar-refractivity contribution >= 4 is 0 Å². The smallest absolute Gasteiger partial charge is 0.0740 e. The van der Waals surface area contributed by atoms with E-state index < -0.39 is 0 Å². The van der Waals surface area contributed by atoms with E-state index >= 15 is 0 Å². The number of benzene rings is 1. The third kappa shape index (κ3) is 2.36. The van der Waals surface area contributed by atoms with Crippen LogP contribution < -0.4 is 0 Å². The summed E-state index contributed by atoms with van der Waals surface area (Å²) in [5.74, 6) is 0. The molecule has 0 saturated carbocycles. The van der Waals surface area contributed by atoms with E-state index in [9.17, 15) is 0 Å². The van der Waals surface area contributed by atoms with Crippen molar-refractivity contribution in [1.82, 2.24) is 10.2 Å². The second-order valence-electron chi connectivity index (χ2n) is 3.88. The lowest BCUT2D eigenvalue weighted by Gasteiger charge is -2.03. The Labute approximate surface area is 102 Å². The summed E-state index contributed by atoms with van der Waals surface area (Å²) in [4.78, 5) is 0. The highest BCUT2D eigenvalue weighted by Gasteiger charge is 2.12. The van der Waals surface area contributed by atoms with Crippen molar-refractivity contribution in [3.05, 3.63) is 67.0 Å². The fourth-order valence-electron chi connectivity index (χ4n) is 1.94. The fourth-order valence-corrected chi connectivity index (χ4v) is 1.94. The number of H-pyrrole nitrogens is 1. The Hall–Kier alpha value is -2.09. The number of aromatic amines is 1. The molecule has 1 N–H and O–H groups in total. The van der Waals surface area contributed by atoms with Gasteiger partial charge in [0, 0.05) is 24.1 Å². The molecular formula is C15H16N2. The predicted molar refractivity (Wildman–Crippen MR) is 71.8 cm³/mol. The van der Waals surface area contributed by atoms with Crippen LogP contribution in [0.15, 0.2) is 55.6 Å². The van der Waals surface area contributed by atoms with Crippen molar-refractivity contribution in [2.45, 2.75) is 12.8 Å². The van der Waals surface area contributed by atoms with Crippen molar-refractivity contribution in [3.8, 4) is 11.1 Å². The van der Waals surface area contributed by atoms with Crippen LogP contribution in [0.3, 0.4) is 0 Å². The van der Waals surface area contributed by atoms with Crippen molar-refractivity contribution < 1.29 is 0 Å². The van der Waals surface area contributed by atoms with Gasteiger partial charge in [0.2, 0.25) is 0 Å². The Balaban J connectivity index is 2.51. The van der Waals surface area contributed by atoms with Crippen LogP contribution in [0, 0.1) is 0 Å². The van der Waals surface area contributed by atoms with Crippen molar-refractivity contribution in [2.24, 2.45) is 0 Å². The van der Waals surface area contributed by atoms with E-state index in [1.165, 1.54) is 11.1 Å². The molecule has 2 aromatic rings. The zero-order chi connectivity index (χ0) is 12.1. The summed E-state index contributed by atoms with van der Waals surface area (Å²) >= 11 is 0. The van der Waals surface area contributed by atoms with Crippen LogP contribution in [-0.2, 0) is 12.8 Å². The average Bonchev–Trinajstić information content (AvgIpc) is 2.74. The van der Waals surface area contributed by atoms with E-state index in [-0.39, 0.29) is 0 Å². The summed E-state index contributed by atoms with van der Waals surface area (Å²) in [7, 11) is 0. The van der Waals surface area contributed by atoms with Gasteiger partial charge in [-0.15, -0.1) is 13.2 Å². The molecule has 0 aliphatic carbocycles. The molecule has 0 saturated heterocycles. The van der Waals surface area contributed by atoms with Gasteiger partial charge >= 0.3 is 0 Å². The number of nitrogens with one attached hydrogen (secondary N) is 1. The molecule has 1 aromatic carbocycles. The molecule has 0 fully saturated rings. The zero-order valence-electron chi connectivity index (χ0n) is 9.82. The van der Waals surface area contributed by atoms with Gasteiger partial charge in [0.25, 0.3) is 0 Å². The lowest BCUT2D eigenvalue weighted by atomic mass is 10.0. The Bertz CT molecular complexity index is 481. The molecule has 0 unspecified atom stereocenters. The summed E-state index contributed by atoms with van der Waals surface area (Å²) in [5, 5.41) is 7.45. The molecule has 0 aliphatic heterocycles. The SMILES string of the molecule is C=CCc1n[nH]c(CC=C)c1-c1ccccc1. The molecule has 1 heterocycles. The van der Waals surface area contributed by atoms with Gasteiger partial charge in [-0.1, -0.05) is 42.5 Å². The first-order valence-corrected chi connectivity index (χ1v) is 5.70. The second kappa shape index (κ2) is 5.30. The number of hydrogen-bond donors (Lipinski definition) is 1. The molecule has 0 bridgehead atoms. The molecule has 0 spiro atoms. The Morgan fingerprint density at radius 2 is 1.76 bits per heavy atom. The number of rotatable bonds is 5. The summed E-state index contributed by atoms with van der Waals surface area (Å²) in [6.07, 6.45) is 5.34. The first-order chi connectivity index (χ1) is 8.36. The van der Waals surface area contributed by atoms with Gasteiger partial charge in [0.1, 0.15) is 0 Å². The molecule has 1 aromatic heterocycles. The molecule has 0 aliphatic rings. The molecule has 2 heteroatoms. The van der Waals surface area contributed by atoms with Gasteiger partial charge in [-0.2, -0.15) is 5.10 Å². The third-order valence-corrected chi connectivity index (χ3v) is 2.66. The van der Waals surface area contributed by atoms with Crippen LogP contribution in [-0.4, -0.2) is 10.2 Å². The minimum Gasteiger partial charge on any atom is -0.281 e. The largest absolute Gasteiger partial charge is 0.281 e. The molecule has 2 rings (SSSR count). The molecule has 2 nitrogen and oxygen atoms in total. The first kappa shape index (κ1) is 11.4. The third-order valence-electron chi connectivity index (χ3n) is 2.66.